The van der Waals surface area contributed by atoms with Crippen molar-refractivity contribution in [2.75, 3.05) is 6.54 Å². The fraction of sp³-hybridized carbons (Fsp3) is 0.800. The number of hydrogen-bond acceptors (Lipinski definition) is 2. The summed E-state index contributed by atoms with van der Waals surface area (Å²) in [5, 5.41) is 8.82. The first kappa shape index (κ1) is 10.0. The second-order valence-corrected chi connectivity index (χ2v) is 3.48. The Morgan fingerprint density at radius 1 is 1.69 bits per heavy atom. The Kier molecular flexibility index (Phi) is 3.30. The minimum Gasteiger partial charge on any atom is -0.326 e. The molecular weight excluding hydrogens is 164 g/mol. The van der Waals surface area contributed by atoms with Gasteiger partial charge in [0.15, 0.2) is 0 Å². The van der Waals surface area contributed by atoms with Gasteiger partial charge in [-0.15, -0.1) is 0 Å². The fourth-order valence-corrected chi connectivity index (χ4v) is 1.83. The van der Waals surface area contributed by atoms with Gasteiger partial charge < -0.3 is 4.90 Å². The molecule has 1 amide bonds. The lowest BCUT2D eigenvalue weighted by molar-refractivity contribution is -0.132. The maximum Gasteiger partial charge on any atom is 0.226 e. The molecule has 0 aromatic heterocycles. The Bertz CT molecular complexity index is 232. The van der Waals surface area contributed by atoms with Gasteiger partial charge in [0.1, 0.15) is 6.04 Å². The minimum absolute atomic E-state index is 0.169. The molecule has 1 fully saturated rings. The second-order valence-electron chi connectivity index (χ2n) is 3.48. The number of carbonyl (C=O) groups excluding carboxylic acids is 1. The van der Waals surface area contributed by atoms with Crippen molar-refractivity contribution in [3.05, 3.63) is 0 Å². The number of carbonyl (C=O) groups is 1. The van der Waals surface area contributed by atoms with E-state index in [-0.39, 0.29) is 17.9 Å². The molecule has 3 heteroatoms. The van der Waals surface area contributed by atoms with Crippen LogP contribution in [-0.4, -0.2) is 23.4 Å². The number of likely N-dealkylation sites (tertiary alicyclic amines) is 1. The summed E-state index contributed by atoms with van der Waals surface area (Å²) < 4.78 is 0. The summed E-state index contributed by atoms with van der Waals surface area (Å²) in [5.74, 6) is 0.346. The summed E-state index contributed by atoms with van der Waals surface area (Å²) in [6.07, 6.45) is 2.56. The average Bonchev–Trinajstić information content (AvgIpc) is 2.50. The molecule has 1 aliphatic rings. The highest BCUT2D eigenvalue weighted by atomic mass is 16.2. The van der Waals surface area contributed by atoms with Crippen molar-refractivity contribution < 1.29 is 4.79 Å². The number of nitrogens with zero attached hydrogens (tertiary/aromatic N) is 2. The van der Waals surface area contributed by atoms with Crippen LogP contribution in [0.5, 0.6) is 0 Å². The van der Waals surface area contributed by atoms with Crippen molar-refractivity contribution in [1.29, 1.82) is 5.26 Å². The molecule has 0 aromatic carbocycles. The average molecular weight is 180 g/mol. The quantitative estimate of drug-likeness (QED) is 0.661. The van der Waals surface area contributed by atoms with Gasteiger partial charge in [-0.3, -0.25) is 4.79 Å². The van der Waals surface area contributed by atoms with Gasteiger partial charge in [-0.25, -0.2) is 0 Å². The predicted octanol–water partition coefficient (Wildman–Crippen LogP) is 1.55. The molecule has 0 bridgehead atoms. The molecule has 0 aromatic rings. The summed E-state index contributed by atoms with van der Waals surface area (Å²) in [7, 11) is 0. The van der Waals surface area contributed by atoms with Gasteiger partial charge in [0, 0.05) is 12.5 Å². The molecule has 1 heterocycles. The molecule has 1 saturated heterocycles. The zero-order valence-corrected chi connectivity index (χ0v) is 8.29. The summed E-state index contributed by atoms with van der Waals surface area (Å²) in [6, 6.07) is 1.97. The summed E-state index contributed by atoms with van der Waals surface area (Å²) in [4.78, 5) is 13.4. The predicted molar refractivity (Wildman–Crippen MR) is 49.8 cm³/mol. The van der Waals surface area contributed by atoms with Crippen LogP contribution >= 0.6 is 0 Å². The van der Waals surface area contributed by atoms with Crippen LogP contribution in [0.1, 0.15) is 33.1 Å². The van der Waals surface area contributed by atoms with Crippen molar-refractivity contribution in [2.45, 2.75) is 39.2 Å². The van der Waals surface area contributed by atoms with Crippen LogP contribution < -0.4 is 0 Å². The van der Waals surface area contributed by atoms with E-state index in [1.54, 1.807) is 4.90 Å². The van der Waals surface area contributed by atoms with Crippen molar-refractivity contribution in [2.24, 2.45) is 5.92 Å². The number of rotatable bonds is 3. The first-order chi connectivity index (χ1) is 6.24. The zero-order valence-electron chi connectivity index (χ0n) is 8.29. The lowest BCUT2D eigenvalue weighted by atomic mass is 10.1. The van der Waals surface area contributed by atoms with E-state index in [2.05, 4.69) is 6.07 Å². The molecule has 72 valence electrons. The Balaban J connectivity index is 2.64. The summed E-state index contributed by atoms with van der Waals surface area (Å²) >= 11 is 0. The molecule has 0 radical (unpaired) electrons. The van der Waals surface area contributed by atoms with Crippen molar-refractivity contribution in [1.82, 2.24) is 4.90 Å². The van der Waals surface area contributed by atoms with Crippen LogP contribution in [0.25, 0.3) is 0 Å². The largest absolute Gasteiger partial charge is 0.326 e. The normalized spacial score (nSPS) is 24.5. The topological polar surface area (TPSA) is 44.1 Å². The molecule has 0 aliphatic carbocycles. The van der Waals surface area contributed by atoms with E-state index in [1.807, 2.05) is 13.8 Å². The molecular formula is C10H16N2O. The highest BCUT2D eigenvalue weighted by Crippen LogP contribution is 2.23. The van der Waals surface area contributed by atoms with Crippen LogP contribution in [0, 0.1) is 17.2 Å². The second kappa shape index (κ2) is 4.27. The maximum atomic E-state index is 11.7. The van der Waals surface area contributed by atoms with E-state index >= 15 is 0 Å². The smallest absolute Gasteiger partial charge is 0.226 e. The van der Waals surface area contributed by atoms with Gasteiger partial charge in [0.2, 0.25) is 5.91 Å². The highest BCUT2D eigenvalue weighted by Gasteiger charge is 2.33. The molecule has 2 atom stereocenters. The molecule has 0 saturated carbocycles. The number of nitriles is 1. The molecule has 3 nitrogen and oxygen atoms in total. The molecule has 1 rings (SSSR count). The lowest BCUT2D eigenvalue weighted by Crippen LogP contribution is -2.36. The zero-order chi connectivity index (χ0) is 9.84. The van der Waals surface area contributed by atoms with Gasteiger partial charge in [0.05, 0.1) is 6.07 Å². The van der Waals surface area contributed by atoms with E-state index in [0.29, 0.717) is 0 Å². The van der Waals surface area contributed by atoms with Crippen LogP contribution in [-0.2, 0) is 4.79 Å². The third-order valence-corrected chi connectivity index (χ3v) is 2.76. The van der Waals surface area contributed by atoms with Gasteiger partial charge >= 0.3 is 0 Å². The standard InChI is InChI=1S/C10H16N2O/c1-3-8-5-6-12(10(8)13)9(4-2)7-11/h8-9H,3-6H2,1-2H3. The van der Waals surface area contributed by atoms with Crippen molar-refractivity contribution >= 4 is 5.91 Å². The van der Waals surface area contributed by atoms with Crippen LogP contribution in [0.15, 0.2) is 0 Å². The Labute approximate surface area is 79.3 Å². The van der Waals surface area contributed by atoms with Gasteiger partial charge in [-0.05, 0) is 19.3 Å². The van der Waals surface area contributed by atoms with E-state index < -0.39 is 0 Å². The Morgan fingerprint density at radius 3 is 2.77 bits per heavy atom. The van der Waals surface area contributed by atoms with Gasteiger partial charge in [0.25, 0.3) is 0 Å². The Morgan fingerprint density at radius 2 is 2.38 bits per heavy atom. The molecule has 1 aliphatic heterocycles. The minimum atomic E-state index is -0.205. The van der Waals surface area contributed by atoms with Crippen LogP contribution in [0.4, 0.5) is 0 Å². The molecule has 0 N–H and O–H groups in total. The number of hydrogen-bond donors (Lipinski definition) is 0. The maximum absolute atomic E-state index is 11.7. The van der Waals surface area contributed by atoms with Crippen molar-refractivity contribution in [3.8, 4) is 6.07 Å². The van der Waals surface area contributed by atoms with E-state index in [4.69, 9.17) is 5.26 Å². The summed E-state index contributed by atoms with van der Waals surface area (Å²) in [6.45, 7) is 4.74. The molecule has 0 spiro atoms. The molecule has 13 heavy (non-hydrogen) atoms. The third-order valence-electron chi connectivity index (χ3n) is 2.76. The fourth-order valence-electron chi connectivity index (χ4n) is 1.83. The monoisotopic (exact) mass is 180 g/mol. The van der Waals surface area contributed by atoms with Crippen LogP contribution in [0.3, 0.4) is 0 Å². The van der Waals surface area contributed by atoms with E-state index in [9.17, 15) is 4.79 Å². The highest BCUT2D eigenvalue weighted by molar-refractivity contribution is 5.81. The number of amides is 1. The van der Waals surface area contributed by atoms with E-state index in [1.165, 1.54) is 0 Å². The van der Waals surface area contributed by atoms with Crippen molar-refractivity contribution in [3.63, 3.8) is 0 Å². The molecule has 2 unspecified atom stereocenters. The summed E-state index contributed by atoms with van der Waals surface area (Å²) in [5.41, 5.74) is 0. The Hall–Kier alpha value is -1.04. The van der Waals surface area contributed by atoms with E-state index in [0.717, 1.165) is 25.8 Å². The first-order valence-corrected chi connectivity index (χ1v) is 4.94. The van der Waals surface area contributed by atoms with Gasteiger partial charge in [-0.2, -0.15) is 5.26 Å². The van der Waals surface area contributed by atoms with Crippen LogP contribution in [0.2, 0.25) is 0 Å². The SMILES string of the molecule is CCC1CCN(C(C#N)CC)C1=O. The third kappa shape index (κ3) is 1.82. The van der Waals surface area contributed by atoms with Gasteiger partial charge in [-0.1, -0.05) is 13.8 Å². The first-order valence-electron chi connectivity index (χ1n) is 4.94. The lowest BCUT2D eigenvalue weighted by Gasteiger charge is -2.20.